The summed E-state index contributed by atoms with van der Waals surface area (Å²) in [5, 5.41) is 3.14. The van der Waals surface area contributed by atoms with Crippen molar-refractivity contribution < 1.29 is 17.9 Å². The normalized spacial score (nSPS) is 32.6. The molecule has 0 saturated carbocycles. The highest BCUT2D eigenvalue weighted by Crippen LogP contribution is 2.25. The zero-order valence-corrected chi connectivity index (χ0v) is 13.9. The molecule has 2 aliphatic heterocycles. The van der Waals surface area contributed by atoms with Gasteiger partial charge < -0.3 is 14.8 Å². The van der Waals surface area contributed by atoms with Crippen LogP contribution in [0.2, 0.25) is 0 Å². The molecule has 3 unspecified atom stereocenters. The second kappa shape index (κ2) is 7.34. The van der Waals surface area contributed by atoms with Crippen molar-refractivity contribution in [2.24, 2.45) is 5.92 Å². The molecule has 21 heavy (non-hydrogen) atoms. The first-order valence-corrected chi connectivity index (χ1v) is 8.88. The first-order chi connectivity index (χ1) is 10.0. The molecule has 7 nitrogen and oxygen atoms in total. The van der Waals surface area contributed by atoms with Crippen LogP contribution in [0, 0.1) is 5.92 Å². The average Bonchev–Trinajstić information content (AvgIpc) is 2.92. The third kappa shape index (κ3) is 3.75. The minimum absolute atomic E-state index is 0.192. The van der Waals surface area contributed by atoms with Crippen molar-refractivity contribution in [1.82, 2.24) is 13.9 Å². The van der Waals surface area contributed by atoms with E-state index in [1.807, 2.05) is 7.05 Å². The van der Waals surface area contributed by atoms with E-state index in [0.717, 1.165) is 19.4 Å². The van der Waals surface area contributed by atoms with Crippen LogP contribution in [0.4, 0.5) is 0 Å². The van der Waals surface area contributed by atoms with Crippen LogP contribution in [0.5, 0.6) is 0 Å². The largest absolute Gasteiger partial charge is 0.377 e. The Morgan fingerprint density at radius 3 is 2.24 bits per heavy atom. The fourth-order valence-electron chi connectivity index (χ4n) is 3.21. The summed E-state index contributed by atoms with van der Waals surface area (Å²) in [6, 6.07) is 0. The van der Waals surface area contributed by atoms with Gasteiger partial charge in [-0.15, -0.1) is 0 Å². The van der Waals surface area contributed by atoms with Gasteiger partial charge in [0.05, 0.1) is 12.2 Å². The van der Waals surface area contributed by atoms with Gasteiger partial charge in [-0.25, -0.2) is 0 Å². The van der Waals surface area contributed by atoms with Crippen molar-refractivity contribution in [1.29, 1.82) is 0 Å². The third-order valence-electron chi connectivity index (χ3n) is 4.41. The zero-order chi connectivity index (χ0) is 15.5. The molecule has 1 N–H and O–H groups in total. The summed E-state index contributed by atoms with van der Waals surface area (Å²) in [5.41, 5.74) is 0. The molecule has 2 rings (SSSR count). The van der Waals surface area contributed by atoms with E-state index in [4.69, 9.17) is 9.47 Å². The number of ether oxygens (including phenoxy) is 2. The molecule has 3 atom stereocenters. The van der Waals surface area contributed by atoms with Crippen LogP contribution in [0.15, 0.2) is 0 Å². The maximum absolute atomic E-state index is 12.8. The van der Waals surface area contributed by atoms with Gasteiger partial charge in [-0.1, -0.05) is 0 Å². The van der Waals surface area contributed by atoms with Gasteiger partial charge in [0.25, 0.3) is 10.2 Å². The van der Waals surface area contributed by atoms with Crippen LogP contribution in [-0.4, -0.2) is 83.2 Å². The molecule has 0 amide bonds. The fourth-order valence-corrected chi connectivity index (χ4v) is 4.96. The van der Waals surface area contributed by atoms with Gasteiger partial charge in [0.2, 0.25) is 0 Å². The van der Waals surface area contributed by atoms with Gasteiger partial charge in [0.15, 0.2) is 0 Å². The minimum Gasteiger partial charge on any atom is -0.377 e. The van der Waals surface area contributed by atoms with E-state index in [1.165, 1.54) is 4.31 Å². The Morgan fingerprint density at radius 2 is 1.71 bits per heavy atom. The molecular weight excluding hydrogens is 294 g/mol. The summed E-state index contributed by atoms with van der Waals surface area (Å²) in [7, 11) is 1.67. The summed E-state index contributed by atoms with van der Waals surface area (Å²) >= 11 is 0. The Bertz CT molecular complexity index is 417. The number of nitrogens with one attached hydrogen (secondary N) is 1. The second-order valence-electron chi connectivity index (χ2n) is 5.80. The number of piperidine rings is 1. The molecular formula is C13H27N3O4S. The smallest absolute Gasteiger partial charge is 0.282 e. The maximum Gasteiger partial charge on any atom is 0.282 e. The van der Waals surface area contributed by atoms with Gasteiger partial charge in [0, 0.05) is 40.4 Å². The molecule has 0 aromatic rings. The molecule has 0 aliphatic carbocycles. The van der Waals surface area contributed by atoms with Crippen molar-refractivity contribution in [3.05, 3.63) is 0 Å². The molecule has 0 aromatic carbocycles. The van der Waals surface area contributed by atoms with Crippen LogP contribution < -0.4 is 5.32 Å². The highest BCUT2D eigenvalue weighted by Gasteiger charge is 2.42. The summed E-state index contributed by atoms with van der Waals surface area (Å²) in [6.45, 7) is 2.78. The van der Waals surface area contributed by atoms with Crippen LogP contribution in [-0.2, 0) is 19.7 Å². The number of rotatable bonds is 6. The van der Waals surface area contributed by atoms with Crippen LogP contribution in [0.3, 0.4) is 0 Å². The van der Waals surface area contributed by atoms with Gasteiger partial charge >= 0.3 is 0 Å². The molecule has 124 valence electrons. The van der Waals surface area contributed by atoms with E-state index in [9.17, 15) is 8.42 Å². The van der Waals surface area contributed by atoms with E-state index < -0.39 is 10.2 Å². The predicted octanol–water partition coefficient (Wildman–Crippen LogP) is -0.492. The highest BCUT2D eigenvalue weighted by molar-refractivity contribution is 7.86. The Labute approximate surface area is 127 Å². The molecule has 2 aliphatic rings. The Kier molecular flexibility index (Phi) is 5.98. The van der Waals surface area contributed by atoms with Gasteiger partial charge in [-0.2, -0.15) is 17.0 Å². The quantitative estimate of drug-likeness (QED) is 0.715. The summed E-state index contributed by atoms with van der Waals surface area (Å²) in [4.78, 5) is 0. The van der Waals surface area contributed by atoms with Crippen LogP contribution >= 0.6 is 0 Å². The first kappa shape index (κ1) is 17.1. The van der Waals surface area contributed by atoms with E-state index in [1.54, 1.807) is 18.5 Å². The second-order valence-corrected chi connectivity index (χ2v) is 7.73. The lowest BCUT2D eigenvalue weighted by atomic mass is 10.00. The van der Waals surface area contributed by atoms with Crippen LogP contribution in [0.25, 0.3) is 0 Å². The monoisotopic (exact) mass is 321 g/mol. The Morgan fingerprint density at radius 1 is 1.10 bits per heavy atom. The predicted molar refractivity (Wildman–Crippen MR) is 80.3 cm³/mol. The summed E-state index contributed by atoms with van der Waals surface area (Å²) < 4.78 is 39.3. The molecule has 8 heteroatoms. The lowest BCUT2D eigenvalue weighted by molar-refractivity contribution is -0.00461. The number of hydrogen-bond acceptors (Lipinski definition) is 5. The molecule has 0 spiro atoms. The SMILES string of the molecule is CNCC1CCCN(S(=O)(=O)N2CC(OC)C(OC)C2)C1. The van der Waals surface area contributed by atoms with Crippen molar-refractivity contribution in [3.8, 4) is 0 Å². The van der Waals surface area contributed by atoms with Gasteiger partial charge in [0.1, 0.15) is 0 Å². The topological polar surface area (TPSA) is 71.1 Å². The van der Waals surface area contributed by atoms with E-state index in [-0.39, 0.29) is 12.2 Å². The lowest BCUT2D eigenvalue weighted by Gasteiger charge is -2.34. The molecule has 2 heterocycles. The third-order valence-corrected chi connectivity index (χ3v) is 6.35. The summed E-state index contributed by atoms with van der Waals surface area (Å²) in [6.07, 6.45) is 1.61. The average molecular weight is 321 g/mol. The van der Waals surface area contributed by atoms with Crippen molar-refractivity contribution in [3.63, 3.8) is 0 Å². The van der Waals surface area contributed by atoms with Gasteiger partial charge in [-0.3, -0.25) is 0 Å². The van der Waals surface area contributed by atoms with E-state index in [2.05, 4.69) is 5.32 Å². The Balaban J connectivity index is 2.04. The van der Waals surface area contributed by atoms with Crippen molar-refractivity contribution in [2.45, 2.75) is 25.0 Å². The van der Waals surface area contributed by atoms with Crippen LogP contribution in [0.1, 0.15) is 12.8 Å². The van der Waals surface area contributed by atoms with E-state index in [0.29, 0.717) is 32.1 Å². The number of nitrogens with zero attached hydrogens (tertiary/aromatic N) is 2. The van der Waals surface area contributed by atoms with Crippen molar-refractivity contribution >= 4 is 10.2 Å². The van der Waals surface area contributed by atoms with E-state index >= 15 is 0 Å². The zero-order valence-electron chi connectivity index (χ0n) is 13.1. The molecule has 0 aromatic heterocycles. The maximum atomic E-state index is 12.8. The lowest BCUT2D eigenvalue weighted by Crippen LogP contribution is -2.48. The minimum atomic E-state index is -3.42. The number of methoxy groups -OCH3 is 2. The molecule has 0 radical (unpaired) electrons. The van der Waals surface area contributed by atoms with Gasteiger partial charge in [-0.05, 0) is 32.4 Å². The number of hydrogen-bond donors (Lipinski definition) is 1. The molecule has 2 fully saturated rings. The highest BCUT2D eigenvalue weighted by atomic mass is 32.2. The standard InChI is InChI=1S/C13H27N3O4S/c1-14-7-11-5-4-6-15(8-11)21(17,18)16-9-12(19-2)13(10-16)20-3/h11-14H,4-10H2,1-3H3. The fraction of sp³-hybridized carbons (Fsp3) is 1.00. The Hall–Kier alpha value is -0.250. The first-order valence-electron chi connectivity index (χ1n) is 7.48. The molecule has 0 bridgehead atoms. The molecule has 2 saturated heterocycles. The summed E-state index contributed by atoms with van der Waals surface area (Å²) in [5.74, 6) is 0.387. The van der Waals surface area contributed by atoms with Crippen molar-refractivity contribution in [2.75, 3.05) is 54.0 Å².